The predicted molar refractivity (Wildman–Crippen MR) is 104 cm³/mol. The van der Waals surface area contributed by atoms with E-state index in [0.29, 0.717) is 48.6 Å². The van der Waals surface area contributed by atoms with Crippen molar-refractivity contribution in [1.82, 2.24) is 4.90 Å². The van der Waals surface area contributed by atoms with E-state index in [1.165, 1.54) is 13.2 Å². The van der Waals surface area contributed by atoms with Crippen LogP contribution in [-0.2, 0) is 9.53 Å². The number of amides is 1. The van der Waals surface area contributed by atoms with Crippen molar-refractivity contribution in [2.75, 3.05) is 20.2 Å². The van der Waals surface area contributed by atoms with Crippen molar-refractivity contribution in [3.05, 3.63) is 22.2 Å². The Morgan fingerprint density at radius 2 is 1.80 bits per heavy atom. The maximum Gasteiger partial charge on any atom is 0.338 e. The molecule has 1 atom stereocenters. The topological polar surface area (TPSA) is 65.1 Å². The standard InChI is InChI=1S/C21H24ClF2NO5/c1-11-14(19(27)28-3)8-15(22)17-16(11)29-20(2,30-17)13-4-6-25(7-5-13)18(26)12-9-21(23,24)10-12/h8,12-13H,4-7,9-10H2,1-3H3/t20-/m1/s1. The number of benzene rings is 1. The third-order valence-corrected chi connectivity index (χ3v) is 6.72. The fourth-order valence-electron chi connectivity index (χ4n) is 4.55. The summed E-state index contributed by atoms with van der Waals surface area (Å²) in [7, 11) is 1.30. The quantitative estimate of drug-likeness (QED) is 0.655. The van der Waals surface area contributed by atoms with Gasteiger partial charge in [-0.1, -0.05) is 11.6 Å². The molecule has 0 bridgehead atoms. The van der Waals surface area contributed by atoms with Crippen LogP contribution >= 0.6 is 11.6 Å². The molecule has 9 heteroatoms. The minimum atomic E-state index is -2.70. The van der Waals surface area contributed by atoms with E-state index in [1.54, 1.807) is 11.8 Å². The Hall–Kier alpha value is -2.09. The summed E-state index contributed by atoms with van der Waals surface area (Å²) in [6, 6.07) is 1.51. The summed E-state index contributed by atoms with van der Waals surface area (Å²) in [6.07, 6.45) is 0.510. The van der Waals surface area contributed by atoms with Gasteiger partial charge in [0.15, 0.2) is 11.5 Å². The zero-order valence-corrected chi connectivity index (χ0v) is 17.9. The normalized spacial score (nSPS) is 25.7. The largest absolute Gasteiger partial charge is 0.465 e. The number of methoxy groups -OCH3 is 1. The van der Waals surface area contributed by atoms with Crippen molar-refractivity contribution in [3.8, 4) is 11.5 Å². The number of carbonyl (C=O) groups is 2. The molecule has 6 nitrogen and oxygen atoms in total. The molecule has 2 fully saturated rings. The minimum absolute atomic E-state index is 0.0335. The van der Waals surface area contributed by atoms with Gasteiger partial charge in [-0.05, 0) is 25.8 Å². The lowest BCUT2D eigenvalue weighted by Crippen LogP contribution is -2.52. The van der Waals surface area contributed by atoms with E-state index >= 15 is 0 Å². The summed E-state index contributed by atoms with van der Waals surface area (Å²) in [5, 5.41) is 0.262. The molecule has 0 spiro atoms. The van der Waals surface area contributed by atoms with Gasteiger partial charge < -0.3 is 19.1 Å². The van der Waals surface area contributed by atoms with Crippen LogP contribution in [0, 0.1) is 18.8 Å². The van der Waals surface area contributed by atoms with Crippen LogP contribution in [0.3, 0.4) is 0 Å². The van der Waals surface area contributed by atoms with Gasteiger partial charge in [0.05, 0.1) is 17.7 Å². The molecule has 1 aliphatic carbocycles. The van der Waals surface area contributed by atoms with Crippen LogP contribution in [0.25, 0.3) is 0 Å². The van der Waals surface area contributed by atoms with Gasteiger partial charge in [0.25, 0.3) is 5.79 Å². The molecule has 0 unspecified atom stereocenters. The number of alkyl halides is 2. The highest BCUT2D eigenvalue weighted by Crippen LogP contribution is 2.51. The Balaban J connectivity index is 1.44. The van der Waals surface area contributed by atoms with E-state index in [0.717, 1.165) is 0 Å². The van der Waals surface area contributed by atoms with Crippen LogP contribution in [0.1, 0.15) is 48.5 Å². The molecule has 1 amide bonds. The van der Waals surface area contributed by atoms with Gasteiger partial charge in [-0.3, -0.25) is 4.79 Å². The highest BCUT2D eigenvalue weighted by molar-refractivity contribution is 6.32. The summed E-state index contributed by atoms with van der Waals surface area (Å²) in [4.78, 5) is 26.1. The first-order valence-electron chi connectivity index (χ1n) is 10.0. The maximum absolute atomic E-state index is 13.1. The number of rotatable bonds is 3. The smallest absolute Gasteiger partial charge is 0.338 e. The number of esters is 1. The lowest BCUT2D eigenvalue weighted by Gasteiger charge is -2.42. The lowest BCUT2D eigenvalue weighted by molar-refractivity contribution is -0.165. The molecule has 0 aromatic heterocycles. The third kappa shape index (κ3) is 3.49. The molecule has 0 radical (unpaired) electrons. The Morgan fingerprint density at radius 1 is 1.20 bits per heavy atom. The second-order valence-corrected chi connectivity index (χ2v) is 8.87. The number of piperidine rings is 1. The summed E-state index contributed by atoms with van der Waals surface area (Å²) >= 11 is 6.33. The Bertz CT molecular complexity index is 892. The summed E-state index contributed by atoms with van der Waals surface area (Å²) in [6.45, 7) is 4.48. The molecule has 1 saturated carbocycles. The molecule has 2 heterocycles. The Kier molecular flexibility index (Phi) is 5.11. The monoisotopic (exact) mass is 443 g/mol. The van der Waals surface area contributed by atoms with Gasteiger partial charge in [0.2, 0.25) is 11.8 Å². The summed E-state index contributed by atoms with van der Waals surface area (Å²) in [5.41, 5.74) is 0.898. The van der Waals surface area contributed by atoms with Crippen molar-refractivity contribution in [2.24, 2.45) is 11.8 Å². The molecule has 1 aromatic rings. The summed E-state index contributed by atoms with van der Waals surface area (Å²) in [5.74, 6) is -4.21. The fourth-order valence-corrected chi connectivity index (χ4v) is 4.79. The number of fused-ring (bicyclic) bond motifs is 1. The average molecular weight is 444 g/mol. The number of hydrogen-bond donors (Lipinski definition) is 0. The number of ether oxygens (including phenoxy) is 3. The van der Waals surface area contributed by atoms with Gasteiger partial charge in [-0.2, -0.15) is 0 Å². The van der Waals surface area contributed by atoms with E-state index in [-0.39, 0.29) is 29.7 Å². The molecule has 164 valence electrons. The second-order valence-electron chi connectivity index (χ2n) is 8.46. The van der Waals surface area contributed by atoms with Crippen LogP contribution in [0.5, 0.6) is 11.5 Å². The molecule has 30 heavy (non-hydrogen) atoms. The second kappa shape index (κ2) is 7.25. The van der Waals surface area contributed by atoms with Crippen molar-refractivity contribution < 1.29 is 32.6 Å². The van der Waals surface area contributed by atoms with E-state index < -0.39 is 23.6 Å². The Morgan fingerprint density at radius 3 is 2.37 bits per heavy atom. The highest BCUT2D eigenvalue weighted by Gasteiger charge is 2.51. The number of nitrogens with zero attached hydrogens (tertiary/aromatic N) is 1. The van der Waals surface area contributed by atoms with Crippen molar-refractivity contribution in [3.63, 3.8) is 0 Å². The molecule has 3 aliphatic rings. The highest BCUT2D eigenvalue weighted by atomic mass is 35.5. The Labute approximate surface area is 178 Å². The molecule has 1 aromatic carbocycles. The maximum atomic E-state index is 13.1. The van der Waals surface area contributed by atoms with Gasteiger partial charge in [0, 0.05) is 50.3 Å². The number of likely N-dealkylation sites (tertiary alicyclic amines) is 1. The van der Waals surface area contributed by atoms with E-state index in [2.05, 4.69) is 0 Å². The van der Waals surface area contributed by atoms with E-state index in [1.807, 2.05) is 6.92 Å². The number of hydrogen-bond acceptors (Lipinski definition) is 5. The lowest BCUT2D eigenvalue weighted by atomic mass is 9.79. The van der Waals surface area contributed by atoms with Gasteiger partial charge in [0.1, 0.15) is 0 Å². The molecule has 0 N–H and O–H groups in total. The first-order chi connectivity index (χ1) is 14.0. The predicted octanol–water partition coefficient (Wildman–Crippen LogP) is 4.21. The molecule has 2 aliphatic heterocycles. The molecular weight excluding hydrogens is 420 g/mol. The van der Waals surface area contributed by atoms with Gasteiger partial charge >= 0.3 is 5.97 Å². The van der Waals surface area contributed by atoms with Crippen molar-refractivity contribution in [1.29, 1.82) is 0 Å². The van der Waals surface area contributed by atoms with Crippen LogP contribution in [-0.4, -0.2) is 48.7 Å². The molecule has 4 rings (SSSR count). The first kappa shape index (κ1) is 21.2. The number of halogens is 3. The minimum Gasteiger partial charge on any atom is -0.465 e. The van der Waals surface area contributed by atoms with Crippen molar-refractivity contribution >= 4 is 23.5 Å². The first-order valence-corrected chi connectivity index (χ1v) is 10.4. The zero-order chi connectivity index (χ0) is 21.8. The summed E-state index contributed by atoms with van der Waals surface area (Å²) < 4.78 is 43.2. The van der Waals surface area contributed by atoms with Gasteiger partial charge in [-0.25, -0.2) is 13.6 Å². The van der Waals surface area contributed by atoms with Crippen LogP contribution in [0.15, 0.2) is 6.07 Å². The molecular formula is C21H24ClF2NO5. The SMILES string of the molecule is COC(=O)c1cc(Cl)c2c(c1C)O[C@@](C)(C1CCN(C(=O)C3CC(F)(F)C3)CC1)O2. The van der Waals surface area contributed by atoms with Crippen LogP contribution in [0.4, 0.5) is 8.78 Å². The molecule has 1 saturated heterocycles. The van der Waals surface area contributed by atoms with Crippen LogP contribution < -0.4 is 9.47 Å². The van der Waals surface area contributed by atoms with E-state index in [4.69, 9.17) is 25.8 Å². The van der Waals surface area contributed by atoms with E-state index in [9.17, 15) is 18.4 Å². The average Bonchev–Trinajstić information content (AvgIpc) is 3.07. The van der Waals surface area contributed by atoms with Crippen molar-refractivity contribution in [2.45, 2.75) is 51.2 Å². The van der Waals surface area contributed by atoms with Gasteiger partial charge in [-0.15, -0.1) is 0 Å². The number of carbonyl (C=O) groups excluding carboxylic acids is 2. The fraction of sp³-hybridized carbons (Fsp3) is 0.619. The zero-order valence-electron chi connectivity index (χ0n) is 17.1. The third-order valence-electron chi connectivity index (χ3n) is 6.44. The van der Waals surface area contributed by atoms with Crippen LogP contribution in [0.2, 0.25) is 5.02 Å².